The lowest BCUT2D eigenvalue weighted by Gasteiger charge is -2.46. The molecule has 2 heterocycles. The highest BCUT2D eigenvalue weighted by molar-refractivity contribution is 6.04. The fraction of sp³-hybridized carbons (Fsp3) is 0.545. The molecule has 1 aliphatic rings. The largest absolute Gasteiger partial charge is 0.506 e. The minimum Gasteiger partial charge on any atom is -0.506 e. The fourth-order valence-electron chi connectivity index (χ4n) is 3.85. The fourth-order valence-corrected chi connectivity index (χ4v) is 3.85. The van der Waals surface area contributed by atoms with E-state index in [9.17, 15) is 20.1 Å². The number of aromatic hydroxyl groups is 1. The van der Waals surface area contributed by atoms with Crippen molar-refractivity contribution in [3.05, 3.63) is 33.7 Å². The minimum atomic E-state index is -1.39. The van der Waals surface area contributed by atoms with Crippen LogP contribution in [0, 0.1) is 6.92 Å². The molecule has 1 aromatic heterocycles. The van der Waals surface area contributed by atoms with E-state index >= 15 is 0 Å². The second-order valence-electron chi connectivity index (χ2n) is 8.12. The minimum absolute atomic E-state index is 0.0967. The first-order chi connectivity index (χ1) is 15.0. The van der Waals surface area contributed by atoms with Crippen LogP contribution in [0.5, 0.6) is 11.5 Å². The Morgan fingerprint density at radius 3 is 2.56 bits per heavy atom. The molecule has 0 aliphatic carbocycles. The summed E-state index contributed by atoms with van der Waals surface area (Å²) in [6.45, 7) is 8.64. The zero-order chi connectivity index (χ0) is 23.8. The van der Waals surface area contributed by atoms with Crippen LogP contribution in [0.3, 0.4) is 0 Å². The van der Waals surface area contributed by atoms with Gasteiger partial charge in [0.25, 0.3) is 0 Å². The molecule has 10 heteroatoms. The van der Waals surface area contributed by atoms with Crippen LogP contribution < -0.4 is 10.4 Å². The Labute approximate surface area is 185 Å². The first kappa shape index (κ1) is 24.0. The maximum atomic E-state index is 12.5. The van der Waals surface area contributed by atoms with Crippen LogP contribution in [-0.2, 0) is 14.3 Å². The van der Waals surface area contributed by atoms with Crippen molar-refractivity contribution in [1.29, 1.82) is 0 Å². The Kier molecular flexibility index (Phi) is 6.80. The monoisotopic (exact) mass is 451 g/mol. The Bertz CT molecular complexity index is 1080. The highest BCUT2D eigenvalue weighted by Gasteiger charge is 2.50. The Morgan fingerprint density at radius 1 is 1.25 bits per heavy atom. The van der Waals surface area contributed by atoms with Crippen molar-refractivity contribution >= 4 is 16.7 Å². The molecule has 4 atom stereocenters. The third-order valence-corrected chi connectivity index (χ3v) is 5.48. The average molecular weight is 451 g/mol. The van der Waals surface area contributed by atoms with E-state index < -0.39 is 35.8 Å². The number of hydrogen-bond acceptors (Lipinski definition) is 10. The van der Waals surface area contributed by atoms with E-state index in [1.54, 1.807) is 33.8 Å². The van der Waals surface area contributed by atoms with E-state index in [-0.39, 0.29) is 33.7 Å². The number of hydrogen-bond donors (Lipinski definition) is 3. The van der Waals surface area contributed by atoms with Crippen molar-refractivity contribution in [2.24, 2.45) is 5.16 Å². The lowest BCUT2D eigenvalue weighted by molar-refractivity contribution is -0.306. The van der Waals surface area contributed by atoms with Gasteiger partial charge in [-0.2, -0.15) is 0 Å². The van der Waals surface area contributed by atoms with Gasteiger partial charge in [-0.05, 0) is 46.8 Å². The number of ether oxygens (including phenoxy) is 3. The van der Waals surface area contributed by atoms with Crippen LogP contribution >= 0.6 is 0 Å². The number of nitrogens with zero attached hydrogens (tertiary/aromatic N) is 1. The molecule has 3 rings (SSSR count). The lowest BCUT2D eigenvalue weighted by Crippen LogP contribution is -2.63. The van der Waals surface area contributed by atoms with Crippen molar-refractivity contribution < 1.29 is 38.8 Å². The predicted octanol–water partition coefficient (Wildman–Crippen LogP) is 1.82. The Balaban J connectivity index is 2.00. The number of aryl methyl sites for hydroxylation is 1. The Hall–Kier alpha value is -2.66. The van der Waals surface area contributed by atoms with Gasteiger partial charge in [0.1, 0.15) is 47.6 Å². The van der Waals surface area contributed by atoms with Crippen LogP contribution in [0.4, 0.5) is 0 Å². The van der Waals surface area contributed by atoms with Gasteiger partial charge in [-0.15, -0.1) is 0 Å². The summed E-state index contributed by atoms with van der Waals surface area (Å²) >= 11 is 0. The van der Waals surface area contributed by atoms with Crippen LogP contribution in [0.15, 0.2) is 26.5 Å². The third kappa shape index (κ3) is 4.18. The highest BCUT2D eigenvalue weighted by atomic mass is 16.7. The summed E-state index contributed by atoms with van der Waals surface area (Å²) in [6.07, 6.45) is -4.59. The molecule has 1 saturated heterocycles. The van der Waals surface area contributed by atoms with Gasteiger partial charge in [-0.3, -0.25) is 0 Å². The average Bonchev–Trinajstić information content (AvgIpc) is 2.72. The molecule has 10 nitrogen and oxygen atoms in total. The molecule has 176 valence electrons. The Morgan fingerprint density at radius 2 is 1.94 bits per heavy atom. The molecule has 32 heavy (non-hydrogen) atoms. The second kappa shape index (κ2) is 9.07. The van der Waals surface area contributed by atoms with E-state index in [4.69, 9.17) is 23.5 Å². The van der Waals surface area contributed by atoms with Crippen molar-refractivity contribution in [3.8, 4) is 11.5 Å². The predicted molar refractivity (Wildman–Crippen MR) is 115 cm³/mol. The highest BCUT2D eigenvalue weighted by Crippen LogP contribution is 2.36. The number of aliphatic hydroxyl groups is 2. The molecule has 0 unspecified atom stereocenters. The van der Waals surface area contributed by atoms with Crippen molar-refractivity contribution in [3.63, 3.8) is 0 Å². The van der Waals surface area contributed by atoms with Crippen molar-refractivity contribution in [1.82, 2.24) is 0 Å². The van der Waals surface area contributed by atoms with Gasteiger partial charge in [0.05, 0.1) is 16.7 Å². The molecular weight excluding hydrogens is 422 g/mol. The molecule has 1 fully saturated rings. The number of methoxy groups -OCH3 is 1. The van der Waals surface area contributed by atoms with Crippen LogP contribution in [-0.4, -0.2) is 65.0 Å². The van der Waals surface area contributed by atoms with E-state index in [1.807, 2.05) is 0 Å². The summed E-state index contributed by atoms with van der Waals surface area (Å²) in [5.41, 5.74) is -1.14. The number of benzene rings is 1. The van der Waals surface area contributed by atoms with Gasteiger partial charge >= 0.3 is 5.63 Å². The van der Waals surface area contributed by atoms with Crippen LogP contribution in [0.1, 0.15) is 38.8 Å². The van der Waals surface area contributed by atoms with Gasteiger partial charge in [0.15, 0.2) is 0 Å². The summed E-state index contributed by atoms with van der Waals surface area (Å²) in [6, 6.07) is 3.07. The molecule has 0 radical (unpaired) electrons. The van der Waals surface area contributed by atoms with E-state index in [2.05, 4.69) is 5.16 Å². The van der Waals surface area contributed by atoms with E-state index in [0.29, 0.717) is 12.2 Å². The summed E-state index contributed by atoms with van der Waals surface area (Å²) in [4.78, 5) is 17.5. The van der Waals surface area contributed by atoms with Crippen LogP contribution in [0.25, 0.3) is 11.0 Å². The topological polar surface area (TPSA) is 140 Å². The standard InChI is InChI=1S/C22H29NO9/c1-7-29-23-11(3)14-15(24)12-8-9-13(10(2)18(12)31-20(14)27)30-21-17(26)16(25)19(28-6)22(4,5)32-21/h8-9,16-17,19,21,24-26H,7H2,1-6H3/t16-,17-,19-,21-/m1/s1. The quantitative estimate of drug-likeness (QED) is 0.341. The number of aliphatic hydroxyl groups excluding tert-OH is 2. The number of oxime groups is 1. The first-order valence-electron chi connectivity index (χ1n) is 10.2. The first-order valence-corrected chi connectivity index (χ1v) is 10.2. The van der Waals surface area contributed by atoms with E-state index in [1.165, 1.54) is 20.1 Å². The molecule has 3 N–H and O–H groups in total. The second-order valence-corrected chi connectivity index (χ2v) is 8.12. The smallest absolute Gasteiger partial charge is 0.349 e. The molecular formula is C22H29NO9. The van der Waals surface area contributed by atoms with Gasteiger partial charge in [0.2, 0.25) is 6.29 Å². The number of fused-ring (bicyclic) bond motifs is 1. The van der Waals surface area contributed by atoms with E-state index in [0.717, 1.165) is 0 Å². The molecule has 0 saturated carbocycles. The molecule has 0 amide bonds. The summed E-state index contributed by atoms with van der Waals surface area (Å²) < 4.78 is 22.4. The summed E-state index contributed by atoms with van der Waals surface area (Å²) in [5, 5.41) is 35.7. The SMILES string of the molecule is CCON=C(C)c1c(O)c2ccc(O[C@@H]3OC(C)(C)[C@H](OC)[C@H](O)[C@H]3O)c(C)c2oc1=O. The van der Waals surface area contributed by atoms with Gasteiger partial charge in [-0.1, -0.05) is 5.16 Å². The molecule has 0 spiro atoms. The van der Waals surface area contributed by atoms with Crippen molar-refractivity contribution in [2.75, 3.05) is 13.7 Å². The number of rotatable bonds is 6. The van der Waals surface area contributed by atoms with Crippen molar-refractivity contribution in [2.45, 2.75) is 64.8 Å². The summed E-state index contributed by atoms with van der Waals surface area (Å²) in [5.74, 6) is -0.0456. The maximum absolute atomic E-state index is 12.5. The zero-order valence-electron chi connectivity index (χ0n) is 18.9. The summed E-state index contributed by atoms with van der Waals surface area (Å²) in [7, 11) is 1.42. The third-order valence-electron chi connectivity index (χ3n) is 5.48. The molecule has 1 aliphatic heterocycles. The lowest BCUT2D eigenvalue weighted by atomic mass is 9.89. The normalized spacial score (nSPS) is 25.7. The maximum Gasteiger partial charge on any atom is 0.349 e. The van der Waals surface area contributed by atoms with Gasteiger partial charge in [-0.25, -0.2) is 4.79 Å². The zero-order valence-corrected chi connectivity index (χ0v) is 18.9. The molecule has 0 bridgehead atoms. The molecule has 2 aromatic rings. The van der Waals surface area contributed by atoms with Gasteiger partial charge < -0.3 is 38.8 Å². The van der Waals surface area contributed by atoms with Crippen LogP contribution in [0.2, 0.25) is 0 Å². The van der Waals surface area contributed by atoms with Gasteiger partial charge in [0, 0.05) is 12.7 Å². The molecule has 1 aromatic carbocycles.